The minimum atomic E-state index is 0.728. The van der Waals surface area contributed by atoms with Gasteiger partial charge in [0, 0.05) is 25.9 Å². The van der Waals surface area contributed by atoms with E-state index >= 15 is 0 Å². The van der Waals surface area contributed by atoms with Gasteiger partial charge in [-0.15, -0.1) is 0 Å². The van der Waals surface area contributed by atoms with Crippen LogP contribution in [0.2, 0.25) is 0 Å². The number of hydrogen-bond donors (Lipinski definition) is 2. The van der Waals surface area contributed by atoms with Gasteiger partial charge in [-0.05, 0) is 18.6 Å². The molecule has 1 rings (SSSR count). The number of nitrogens with one attached hydrogen (secondary N) is 1. The maximum atomic E-state index is 5.83. The number of nitrogens with two attached hydrogens (primary N) is 1. The van der Waals surface area contributed by atoms with E-state index in [1.807, 2.05) is 12.1 Å². The number of ether oxygens (including phenoxy) is 1. The zero-order valence-corrected chi connectivity index (χ0v) is 8.84. The number of hydrogen-bond acceptors (Lipinski definition) is 3. The van der Waals surface area contributed by atoms with Crippen molar-refractivity contribution in [2.75, 3.05) is 26.0 Å². The van der Waals surface area contributed by atoms with E-state index in [2.05, 4.69) is 18.3 Å². The topological polar surface area (TPSA) is 47.3 Å². The van der Waals surface area contributed by atoms with Crippen molar-refractivity contribution in [3.05, 3.63) is 29.3 Å². The van der Waals surface area contributed by atoms with Crippen LogP contribution in [0.5, 0.6) is 0 Å². The predicted molar refractivity (Wildman–Crippen MR) is 59.2 cm³/mol. The molecule has 0 aliphatic heterocycles. The van der Waals surface area contributed by atoms with Crippen LogP contribution in [-0.4, -0.2) is 20.3 Å². The Bertz CT molecular complexity index is 287. The minimum absolute atomic E-state index is 0.728. The third kappa shape index (κ3) is 3.36. The molecule has 0 fully saturated rings. The Morgan fingerprint density at radius 1 is 1.43 bits per heavy atom. The minimum Gasteiger partial charge on any atom is -0.398 e. The Hall–Kier alpha value is -1.06. The Kier molecular flexibility index (Phi) is 4.43. The van der Waals surface area contributed by atoms with Crippen molar-refractivity contribution in [3.8, 4) is 0 Å². The van der Waals surface area contributed by atoms with E-state index < -0.39 is 0 Å². The summed E-state index contributed by atoms with van der Waals surface area (Å²) in [5, 5.41) is 3.27. The van der Waals surface area contributed by atoms with Gasteiger partial charge in [0.2, 0.25) is 0 Å². The Morgan fingerprint density at radius 2 is 2.21 bits per heavy atom. The lowest BCUT2D eigenvalue weighted by molar-refractivity contribution is 0.199. The lowest BCUT2D eigenvalue weighted by atomic mass is 10.1. The summed E-state index contributed by atoms with van der Waals surface area (Å²) in [6, 6.07) is 6.08. The van der Waals surface area contributed by atoms with E-state index in [4.69, 9.17) is 10.5 Å². The molecule has 0 saturated heterocycles. The highest BCUT2D eigenvalue weighted by atomic mass is 16.5. The van der Waals surface area contributed by atoms with Crippen LogP contribution in [0, 0.1) is 6.92 Å². The number of rotatable bonds is 5. The molecule has 0 bridgehead atoms. The van der Waals surface area contributed by atoms with Crippen LogP contribution >= 0.6 is 0 Å². The second-order valence-electron chi connectivity index (χ2n) is 3.37. The van der Waals surface area contributed by atoms with Crippen molar-refractivity contribution >= 4 is 5.69 Å². The number of nitrogen functional groups attached to an aromatic ring is 1. The van der Waals surface area contributed by atoms with Gasteiger partial charge in [0.05, 0.1) is 6.61 Å². The summed E-state index contributed by atoms with van der Waals surface area (Å²) in [6.07, 6.45) is 0. The van der Waals surface area contributed by atoms with Crippen molar-refractivity contribution in [1.82, 2.24) is 5.32 Å². The highest BCUT2D eigenvalue weighted by Crippen LogP contribution is 2.12. The van der Waals surface area contributed by atoms with Crippen molar-refractivity contribution < 1.29 is 4.74 Å². The third-order valence-electron chi connectivity index (χ3n) is 2.10. The van der Waals surface area contributed by atoms with Gasteiger partial charge in [0.1, 0.15) is 0 Å². The standard InChI is InChI=1S/C11H18N2O/c1-9-3-4-11(12)10(7-9)8-13-5-6-14-2/h3-4,7,13H,5-6,8,12H2,1-2H3. The summed E-state index contributed by atoms with van der Waals surface area (Å²) in [4.78, 5) is 0. The molecule has 0 radical (unpaired) electrons. The number of anilines is 1. The molecule has 0 aliphatic carbocycles. The SMILES string of the molecule is COCCNCc1cc(C)ccc1N. The fourth-order valence-electron chi connectivity index (χ4n) is 1.28. The Labute approximate surface area is 85.3 Å². The van der Waals surface area contributed by atoms with E-state index in [-0.39, 0.29) is 0 Å². The lowest BCUT2D eigenvalue weighted by Gasteiger charge is -2.08. The highest BCUT2D eigenvalue weighted by Gasteiger charge is 1.98. The van der Waals surface area contributed by atoms with Gasteiger partial charge in [0.15, 0.2) is 0 Å². The zero-order chi connectivity index (χ0) is 10.4. The Morgan fingerprint density at radius 3 is 2.93 bits per heavy atom. The average molecular weight is 194 g/mol. The molecule has 0 aliphatic rings. The normalized spacial score (nSPS) is 10.4. The fourth-order valence-corrected chi connectivity index (χ4v) is 1.28. The number of methoxy groups -OCH3 is 1. The molecule has 78 valence electrons. The first kappa shape index (κ1) is 11.0. The van der Waals surface area contributed by atoms with Crippen molar-refractivity contribution in [2.24, 2.45) is 0 Å². The molecule has 0 saturated carbocycles. The van der Waals surface area contributed by atoms with Gasteiger partial charge >= 0.3 is 0 Å². The predicted octanol–water partition coefficient (Wildman–Crippen LogP) is 1.31. The van der Waals surface area contributed by atoms with Gasteiger partial charge in [0.25, 0.3) is 0 Å². The second-order valence-corrected chi connectivity index (χ2v) is 3.37. The molecule has 0 amide bonds. The molecular formula is C11H18N2O. The molecule has 0 aromatic heterocycles. The lowest BCUT2D eigenvalue weighted by Crippen LogP contribution is -2.19. The molecule has 3 nitrogen and oxygen atoms in total. The largest absolute Gasteiger partial charge is 0.398 e. The van der Waals surface area contributed by atoms with Gasteiger partial charge in [-0.25, -0.2) is 0 Å². The maximum absolute atomic E-state index is 5.83. The summed E-state index contributed by atoms with van der Waals surface area (Å²) in [6.45, 7) is 4.45. The Balaban J connectivity index is 2.45. The molecule has 3 heteroatoms. The zero-order valence-electron chi connectivity index (χ0n) is 8.84. The van der Waals surface area contributed by atoms with Crippen molar-refractivity contribution in [1.29, 1.82) is 0 Å². The number of aryl methyl sites for hydroxylation is 1. The maximum Gasteiger partial charge on any atom is 0.0587 e. The summed E-state index contributed by atoms with van der Waals surface area (Å²) >= 11 is 0. The first-order chi connectivity index (χ1) is 6.74. The molecule has 0 heterocycles. The molecule has 1 aromatic carbocycles. The van der Waals surface area contributed by atoms with Crippen LogP contribution in [0.1, 0.15) is 11.1 Å². The molecule has 1 aromatic rings. The highest BCUT2D eigenvalue weighted by molar-refractivity contribution is 5.48. The molecule has 0 atom stereocenters. The van der Waals surface area contributed by atoms with Gasteiger partial charge in [-0.2, -0.15) is 0 Å². The number of benzene rings is 1. The first-order valence-corrected chi connectivity index (χ1v) is 4.78. The van der Waals surface area contributed by atoms with Gasteiger partial charge in [-0.3, -0.25) is 0 Å². The van der Waals surface area contributed by atoms with E-state index in [1.165, 1.54) is 5.56 Å². The van der Waals surface area contributed by atoms with Crippen molar-refractivity contribution in [2.45, 2.75) is 13.5 Å². The van der Waals surface area contributed by atoms with Gasteiger partial charge < -0.3 is 15.8 Å². The summed E-state index contributed by atoms with van der Waals surface area (Å²) < 4.78 is 4.94. The molecule has 14 heavy (non-hydrogen) atoms. The van der Waals surface area contributed by atoms with Crippen molar-refractivity contribution in [3.63, 3.8) is 0 Å². The summed E-state index contributed by atoms with van der Waals surface area (Å²) in [7, 11) is 1.70. The first-order valence-electron chi connectivity index (χ1n) is 4.78. The molecular weight excluding hydrogens is 176 g/mol. The van der Waals surface area contributed by atoms with Crippen LogP contribution in [0.3, 0.4) is 0 Å². The second kappa shape index (κ2) is 5.62. The van der Waals surface area contributed by atoms with E-state index in [9.17, 15) is 0 Å². The van der Waals surface area contributed by atoms with Crippen LogP contribution in [0.4, 0.5) is 5.69 Å². The third-order valence-corrected chi connectivity index (χ3v) is 2.10. The monoisotopic (exact) mass is 194 g/mol. The smallest absolute Gasteiger partial charge is 0.0587 e. The van der Waals surface area contributed by atoms with E-state index in [1.54, 1.807) is 7.11 Å². The molecule has 3 N–H and O–H groups in total. The average Bonchev–Trinajstić information content (AvgIpc) is 2.18. The quantitative estimate of drug-likeness (QED) is 0.549. The van der Waals surface area contributed by atoms with Crippen LogP contribution in [-0.2, 0) is 11.3 Å². The van der Waals surface area contributed by atoms with Gasteiger partial charge in [-0.1, -0.05) is 17.7 Å². The van der Waals surface area contributed by atoms with Crippen LogP contribution in [0.15, 0.2) is 18.2 Å². The summed E-state index contributed by atoms with van der Waals surface area (Å²) in [5.74, 6) is 0. The van der Waals surface area contributed by atoms with E-state index in [0.29, 0.717) is 0 Å². The van der Waals surface area contributed by atoms with Crippen LogP contribution < -0.4 is 11.1 Å². The fraction of sp³-hybridized carbons (Fsp3) is 0.455. The molecule has 0 unspecified atom stereocenters. The van der Waals surface area contributed by atoms with Crippen LogP contribution in [0.25, 0.3) is 0 Å². The van der Waals surface area contributed by atoms with E-state index in [0.717, 1.165) is 30.9 Å². The summed E-state index contributed by atoms with van der Waals surface area (Å²) in [5.41, 5.74) is 9.07. The molecule has 0 spiro atoms.